The number of hydrogen-bond acceptors (Lipinski definition) is 5. The number of carbonyl (C=O) groups excluding carboxylic acids is 5. The summed E-state index contributed by atoms with van der Waals surface area (Å²) in [6.07, 6.45) is 8.65. The van der Waals surface area contributed by atoms with E-state index in [0.29, 0.717) is 38.9 Å². The third-order valence-electron chi connectivity index (χ3n) is 11.0. The first-order chi connectivity index (χ1) is 26.3. The molecular formula is C44H51ClN4O5. The summed E-state index contributed by atoms with van der Waals surface area (Å²) in [6.45, 7) is 1.72. The average Bonchev–Trinajstić information content (AvgIpc) is 3.63. The number of rotatable bonds is 15. The largest absolute Gasteiger partial charge is 0.344 e. The van der Waals surface area contributed by atoms with Crippen molar-refractivity contribution >= 4 is 46.6 Å². The number of piperidine rings is 2. The maximum absolute atomic E-state index is 14.6. The van der Waals surface area contributed by atoms with Crippen LogP contribution in [0.3, 0.4) is 0 Å². The van der Waals surface area contributed by atoms with Crippen LogP contribution in [0.2, 0.25) is 0 Å². The molecule has 284 valence electrons. The lowest BCUT2D eigenvalue weighted by atomic mass is 9.88. The van der Waals surface area contributed by atoms with Crippen molar-refractivity contribution in [2.45, 2.75) is 88.8 Å². The Hall–Kier alpha value is -4.76. The average molecular weight is 751 g/mol. The number of fused-ring (bicyclic) bond motifs is 1. The fraction of sp³-hybridized carbons (Fsp3) is 0.432. The lowest BCUT2D eigenvalue weighted by Crippen LogP contribution is -2.59. The molecule has 3 aliphatic rings. The Kier molecular flexibility index (Phi) is 13.7. The van der Waals surface area contributed by atoms with Crippen LogP contribution in [0.25, 0.3) is 5.57 Å². The van der Waals surface area contributed by atoms with Gasteiger partial charge in [-0.2, -0.15) is 0 Å². The molecule has 0 bridgehead atoms. The number of allylic oxidation sites excluding steroid dienone is 1. The molecule has 1 aliphatic carbocycles. The van der Waals surface area contributed by atoms with Gasteiger partial charge in [0.2, 0.25) is 23.6 Å². The van der Waals surface area contributed by atoms with Crippen LogP contribution in [-0.2, 0) is 43.2 Å². The summed E-state index contributed by atoms with van der Waals surface area (Å²) >= 11 is 5.84. The summed E-state index contributed by atoms with van der Waals surface area (Å²) in [7, 11) is 0. The minimum atomic E-state index is -0.913. The van der Waals surface area contributed by atoms with Crippen molar-refractivity contribution in [3.8, 4) is 0 Å². The van der Waals surface area contributed by atoms with E-state index in [0.717, 1.165) is 54.4 Å². The molecule has 0 saturated carbocycles. The molecule has 9 nitrogen and oxygen atoms in total. The van der Waals surface area contributed by atoms with Gasteiger partial charge in [-0.15, -0.1) is 11.6 Å². The second-order valence-electron chi connectivity index (χ2n) is 14.8. The number of carbonyl (C=O) groups is 5. The Morgan fingerprint density at radius 1 is 0.685 bits per heavy atom. The van der Waals surface area contributed by atoms with Gasteiger partial charge in [0, 0.05) is 44.8 Å². The van der Waals surface area contributed by atoms with E-state index < -0.39 is 35.9 Å². The van der Waals surface area contributed by atoms with Crippen molar-refractivity contribution in [2.24, 2.45) is 5.92 Å². The highest BCUT2D eigenvalue weighted by Crippen LogP contribution is 2.32. The molecule has 0 aromatic heterocycles. The summed E-state index contributed by atoms with van der Waals surface area (Å²) in [5.74, 6) is -2.32. The molecule has 2 fully saturated rings. The fourth-order valence-electron chi connectivity index (χ4n) is 8.14. The van der Waals surface area contributed by atoms with Gasteiger partial charge >= 0.3 is 0 Å². The quantitative estimate of drug-likeness (QED) is 0.194. The molecule has 2 heterocycles. The first kappa shape index (κ1) is 38.9. The summed E-state index contributed by atoms with van der Waals surface area (Å²) in [6, 6.07) is 24.6. The van der Waals surface area contributed by atoms with E-state index >= 15 is 0 Å². The molecule has 54 heavy (non-hydrogen) atoms. The number of benzene rings is 3. The fourth-order valence-corrected chi connectivity index (χ4v) is 8.21. The summed E-state index contributed by atoms with van der Waals surface area (Å²) in [4.78, 5) is 73.2. The van der Waals surface area contributed by atoms with E-state index in [-0.39, 0.29) is 42.7 Å². The van der Waals surface area contributed by atoms with Gasteiger partial charge in [0.05, 0.1) is 6.04 Å². The summed E-state index contributed by atoms with van der Waals surface area (Å²) in [5, 5.41) is 5.88. The standard InChI is InChI=1S/C44H51ClN4O5/c45-30-41(51)46-38(27-32-16-6-2-7-17-32)44(54)49-25-13-10-20-39(49)42(52)47-37(28-34-22-21-33-18-8-9-19-36(33)34)40(50)29-35(26-31-14-4-1-5-15-31)43(53)48-23-11-3-12-24-48/h1-2,4-9,14-19,22,35,37-39H,3,10-13,20-21,23-30H2,(H,46,51)(H,47,52)/t35-,37+,38+,39+/m1/s1. The van der Waals surface area contributed by atoms with Gasteiger partial charge in [0.15, 0.2) is 5.78 Å². The van der Waals surface area contributed by atoms with Crippen LogP contribution >= 0.6 is 11.6 Å². The van der Waals surface area contributed by atoms with Gasteiger partial charge in [-0.25, -0.2) is 0 Å². The topological polar surface area (TPSA) is 116 Å². The molecular weight excluding hydrogens is 700 g/mol. The third kappa shape index (κ3) is 10.1. The Bertz CT molecular complexity index is 1810. The molecule has 0 unspecified atom stereocenters. The number of nitrogens with zero attached hydrogens (tertiary/aromatic N) is 2. The minimum absolute atomic E-state index is 0.0129. The molecule has 6 rings (SSSR count). The predicted molar refractivity (Wildman–Crippen MR) is 211 cm³/mol. The lowest BCUT2D eigenvalue weighted by molar-refractivity contribution is -0.145. The van der Waals surface area contributed by atoms with Gasteiger partial charge in [-0.1, -0.05) is 91.0 Å². The Labute approximate surface area is 323 Å². The Morgan fingerprint density at radius 3 is 2.04 bits per heavy atom. The van der Waals surface area contributed by atoms with Crippen LogP contribution in [-0.4, -0.2) is 82.9 Å². The zero-order chi connectivity index (χ0) is 37.9. The van der Waals surface area contributed by atoms with Gasteiger partial charge in [0.1, 0.15) is 18.0 Å². The highest BCUT2D eigenvalue weighted by molar-refractivity contribution is 6.27. The van der Waals surface area contributed by atoms with E-state index in [9.17, 15) is 24.0 Å². The number of alkyl halides is 1. The third-order valence-corrected chi connectivity index (χ3v) is 11.2. The highest BCUT2D eigenvalue weighted by atomic mass is 35.5. The van der Waals surface area contributed by atoms with Crippen LogP contribution in [0.5, 0.6) is 0 Å². The first-order valence-electron chi connectivity index (χ1n) is 19.4. The molecule has 10 heteroatoms. The maximum atomic E-state index is 14.6. The predicted octanol–water partition coefficient (Wildman–Crippen LogP) is 5.68. The maximum Gasteiger partial charge on any atom is 0.246 e. The van der Waals surface area contributed by atoms with Crippen LogP contribution in [0, 0.1) is 5.92 Å². The SMILES string of the molecule is O=C(CCl)N[C@@H](Cc1ccccc1)C(=O)N1CCCC[C@H]1C(=O)N[C@@H](CC1=CCc2ccccc21)C(=O)C[C@@H](Cc1ccccc1)C(=O)N1CCCCC1. The van der Waals surface area contributed by atoms with E-state index in [1.807, 2.05) is 83.8 Å². The van der Waals surface area contributed by atoms with Crippen LogP contribution in [0.15, 0.2) is 91.0 Å². The zero-order valence-electron chi connectivity index (χ0n) is 30.9. The molecule has 0 spiro atoms. The van der Waals surface area contributed by atoms with Gasteiger partial charge in [0.25, 0.3) is 0 Å². The van der Waals surface area contributed by atoms with Crippen LogP contribution in [0.1, 0.15) is 73.6 Å². The summed E-state index contributed by atoms with van der Waals surface area (Å²) in [5.41, 5.74) is 5.05. The van der Waals surface area contributed by atoms with Crippen molar-refractivity contribution in [3.63, 3.8) is 0 Å². The lowest BCUT2D eigenvalue weighted by Gasteiger charge is -2.38. The number of nitrogens with one attached hydrogen (secondary N) is 2. The number of halogens is 1. The number of likely N-dealkylation sites (tertiary alicyclic amines) is 2. The van der Waals surface area contributed by atoms with Crippen molar-refractivity contribution in [2.75, 3.05) is 25.5 Å². The number of amides is 4. The van der Waals surface area contributed by atoms with Crippen molar-refractivity contribution in [3.05, 3.63) is 113 Å². The second kappa shape index (κ2) is 19.0. The van der Waals surface area contributed by atoms with E-state index in [4.69, 9.17) is 11.6 Å². The van der Waals surface area contributed by atoms with Crippen molar-refractivity contribution in [1.82, 2.24) is 20.4 Å². The van der Waals surface area contributed by atoms with E-state index in [2.05, 4.69) is 22.8 Å². The van der Waals surface area contributed by atoms with E-state index in [1.54, 1.807) is 4.90 Å². The van der Waals surface area contributed by atoms with Crippen LogP contribution in [0.4, 0.5) is 0 Å². The highest BCUT2D eigenvalue weighted by Gasteiger charge is 2.39. The van der Waals surface area contributed by atoms with Crippen LogP contribution < -0.4 is 10.6 Å². The molecule has 2 N–H and O–H groups in total. The van der Waals surface area contributed by atoms with Gasteiger partial charge in [-0.3, -0.25) is 24.0 Å². The number of hydrogen-bond donors (Lipinski definition) is 2. The summed E-state index contributed by atoms with van der Waals surface area (Å²) < 4.78 is 0. The number of ketones is 1. The van der Waals surface area contributed by atoms with Gasteiger partial charge < -0.3 is 20.4 Å². The molecule has 4 amide bonds. The van der Waals surface area contributed by atoms with Crippen molar-refractivity contribution < 1.29 is 24.0 Å². The van der Waals surface area contributed by atoms with E-state index in [1.165, 1.54) is 5.56 Å². The Balaban J connectivity index is 1.25. The second-order valence-corrected chi connectivity index (χ2v) is 15.1. The molecule has 4 atom stereocenters. The van der Waals surface area contributed by atoms with Crippen molar-refractivity contribution in [1.29, 1.82) is 0 Å². The molecule has 2 aliphatic heterocycles. The Morgan fingerprint density at radius 2 is 1.33 bits per heavy atom. The normalized spacial score (nSPS) is 18.5. The first-order valence-corrected chi connectivity index (χ1v) is 20.0. The molecule has 2 saturated heterocycles. The van der Waals surface area contributed by atoms with Gasteiger partial charge in [-0.05, 0) is 79.2 Å². The smallest absolute Gasteiger partial charge is 0.246 e. The zero-order valence-corrected chi connectivity index (χ0v) is 31.6. The molecule has 0 radical (unpaired) electrons. The minimum Gasteiger partial charge on any atom is -0.344 e. The monoisotopic (exact) mass is 750 g/mol. The molecule has 3 aromatic carbocycles. The molecule has 3 aromatic rings. The number of Topliss-reactive ketones (excluding diaryl/α,β-unsaturated/α-hetero) is 1.